The van der Waals surface area contributed by atoms with Crippen molar-refractivity contribution < 1.29 is 17.3 Å². The minimum absolute atomic E-state index is 0.0644. The van der Waals surface area contributed by atoms with Crippen molar-refractivity contribution in [2.75, 3.05) is 12.0 Å². The predicted molar refractivity (Wildman–Crippen MR) is 75.7 cm³/mol. The van der Waals surface area contributed by atoms with E-state index in [4.69, 9.17) is 10.3 Å². The molecule has 1 aromatic heterocycles. The molecule has 1 atom stereocenters. The van der Waals surface area contributed by atoms with E-state index in [2.05, 4.69) is 10.1 Å². The third-order valence-electron chi connectivity index (χ3n) is 2.99. The first-order valence-electron chi connectivity index (χ1n) is 6.30. The Morgan fingerprint density at radius 3 is 2.76 bits per heavy atom. The van der Waals surface area contributed by atoms with Crippen molar-refractivity contribution in [3.8, 4) is 11.4 Å². The van der Waals surface area contributed by atoms with E-state index in [1.807, 2.05) is 0 Å². The third kappa shape index (κ3) is 4.08. The van der Waals surface area contributed by atoms with Crippen LogP contribution in [0.3, 0.4) is 0 Å². The highest BCUT2D eigenvalue weighted by molar-refractivity contribution is 7.90. The second kappa shape index (κ2) is 5.90. The van der Waals surface area contributed by atoms with Crippen molar-refractivity contribution in [1.29, 1.82) is 0 Å². The Morgan fingerprint density at radius 2 is 2.14 bits per heavy atom. The Hall–Kier alpha value is -1.80. The van der Waals surface area contributed by atoms with Crippen molar-refractivity contribution in [3.63, 3.8) is 0 Å². The van der Waals surface area contributed by atoms with E-state index in [1.54, 1.807) is 19.1 Å². The van der Waals surface area contributed by atoms with E-state index in [0.29, 0.717) is 11.1 Å². The average Bonchev–Trinajstić information content (AvgIpc) is 2.88. The zero-order valence-electron chi connectivity index (χ0n) is 11.7. The van der Waals surface area contributed by atoms with Gasteiger partial charge in [0.15, 0.2) is 0 Å². The van der Waals surface area contributed by atoms with Crippen molar-refractivity contribution in [1.82, 2.24) is 10.1 Å². The number of nitrogens with two attached hydrogens (primary N) is 1. The number of rotatable bonds is 5. The summed E-state index contributed by atoms with van der Waals surface area (Å²) in [5, 5.41) is 3.74. The highest BCUT2D eigenvalue weighted by atomic mass is 32.2. The van der Waals surface area contributed by atoms with E-state index >= 15 is 0 Å². The monoisotopic (exact) mass is 313 g/mol. The van der Waals surface area contributed by atoms with Gasteiger partial charge in [0.2, 0.25) is 11.7 Å². The molecule has 6 nitrogen and oxygen atoms in total. The van der Waals surface area contributed by atoms with Crippen LogP contribution in [0.15, 0.2) is 22.7 Å². The molecule has 0 saturated heterocycles. The second-order valence-corrected chi connectivity index (χ2v) is 7.20. The maximum atomic E-state index is 13.5. The molecule has 1 aromatic carbocycles. The molecule has 1 unspecified atom stereocenters. The number of hydrogen-bond donors (Lipinski definition) is 1. The molecule has 0 amide bonds. The van der Waals surface area contributed by atoms with E-state index < -0.39 is 15.9 Å². The molecule has 0 saturated carbocycles. The Morgan fingerprint density at radius 1 is 1.43 bits per heavy atom. The van der Waals surface area contributed by atoms with Crippen LogP contribution in [0, 0.1) is 12.7 Å². The summed E-state index contributed by atoms with van der Waals surface area (Å²) in [4.78, 5) is 4.09. The van der Waals surface area contributed by atoms with Crippen LogP contribution in [-0.2, 0) is 9.84 Å². The first-order valence-corrected chi connectivity index (χ1v) is 8.36. The zero-order chi connectivity index (χ0) is 15.6. The van der Waals surface area contributed by atoms with Crippen molar-refractivity contribution in [2.45, 2.75) is 19.4 Å². The third-order valence-corrected chi connectivity index (χ3v) is 3.97. The van der Waals surface area contributed by atoms with Gasteiger partial charge in [-0.15, -0.1) is 0 Å². The smallest absolute Gasteiger partial charge is 0.243 e. The van der Waals surface area contributed by atoms with Crippen LogP contribution in [0.2, 0.25) is 0 Å². The minimum atomic E-state index is -3.10. The van der Waals surface area contributed by atoms with E-state index in [1.165, 1.54) is 6.07 Å². The van der Waals surface area contributed by atoms with Gasteiger partial charge in [-0.25, -0.2) is 12.8 Å². The van der Waals surface area contributed by atoms with Crippen LogP contribution in [-0.4, -0.2) is 30.6 Å². The summed E-state index contributed by atoms with van der Waals surface area (Å²) in [5.41, 5.74) is 6.81. The summed E-state index contributed by atoms with van der Waals surface area (Å²) in [6.45, 7) is 1.65. The highest BCUT2D eigenvalue weighted by Crippen LogP contribution is 2.21. The summed E-state index contributed by atoms with van der Waals surface area (Å²) in [5.74, 6) is -0.0704. The fourth-order valence-electron chi connectivity index (χ4n) is 1.70. The number of aryl methyl sites for hydroxylation is 1. The molecule has 0 bridgehead atoms. The Bertz CT molecular complexity index is 743. The Balaban J connectivity index is 2.15. The molecule has 0 spiro atoms. The topological polar surface area (TPSA) is 99.1 Å². The fourth-order valence-corrected chi connectivity index (χ4v) is 2.38. The molecule has 0 aliphatic rings. The van der Waals surface area contributed by atoms with Crippen molar-refractivity contribution >= 4 is 9.84 Å². The van der Waals surface area contributed by atoms with Crippen molar-refractivity contribution in [3.05, 3.63) is 35.5 Å². The SMILES string of the molecule is Cc1ccc(-c2noc(C(N)CCS(C)(=O)=O)n2)cc1F. The number of aromatic nitrogens is 2. The van der Waals surface area contributed by atoms with Gasteiger partial charge in [0.05, 0.1) is 11.8 Å². The van der Waals surface area contributed by atoms with Gasteiger partial charge in [0.1, 0.15) is 15.7 Å². The molecule has 0 radical (unpaired) electrons. The molecule has 1 heterocycles. The molecule has 2 rings (SSSR count). The maximum Gasteiger partial charge on any atom is 0.243 e. The van der Waals surface area contributed by atoms with Gasteiger partial charge in [-0.1, -0.05) is 17.3 Å². The van der Waals surface area contributed by atoms with Crippen LogP contribution >= 0.6 is 0 Å². The Labute approximate surface area is 122 Å². The summed E-state index contributed by atoms with van der Waals surface area (Å²) in [7, 11) is -3.10. The normalized spacial score (nSPS) is 13.3. The van der Waals surface area contributed by atoms with Crippen LogP contribution in [0.1, 0.15) is 23.9 Å². The lowest BCUT2D eigenvalue weighted by Gasteiger charge is -2.04. The van der Waals surface area contributed by atoms with Gasteiger partial charge in [0, 0.05) is 11.8 Å². The second-order valence-electron chi connectivity index (χ2n) is 4.95. The largest absolute Gasteiger partial charge is 0.337 e. The van der Waals surface area contributed by atoms with Gasteiger partial charge in [0.25, 0.3) is 0 Å². The van der Waals surface area contributed by atoms with Gasteiger partial charge < -0.3 is 10.3 Å². The van der Waals surface area contributed by atoms with Gasteiger partial charge in [-0.05, 0) is 25.0 Å². The minimum Gasteiger partial charge on any atom is -0.337 e. The molecule has 0 aliphatic carbocycles. The number of hydrogen-bond acceptors (Lipinski definition) is 6. The molecule has 21 heavy (non-hydrogen) atoms. The van der Waals surface area contributed by atoms with E-state index in [0.717, 1.165) is 6.26 Å². The summed E-state index contributed by atoms with van der Waals surface area (Å²) in [6.07, 6.45) is 1.32. The summed E-state index contributed by atoms with van der Waals surface area (Å²) < 4.78 is 40.7. The first kappa shape index (κ1) is 15.6. The molecular formula is C13H16FN3O3S. The lowest BCUT2D eigenvalue weighted by Crippen LogP contribution is -2.16. The lowest BCUT2D eigenvalue weighted by molar-refractivity contribution is 0.352. The van der Waals surface area contributed by atoms with Crippen molar-refractivity contribution in [2.24, 2.45) is 5.73 Å². The van der Waals surface area contributed by atoms with Crippen LogP contribution in [0.25, 0.3) is 11.4 Å². The molecular weight excluding hydrogens is 297 g/mol. The number of halogens is 1. The molecule has 2 aromatic rings. The lowest BCUT2D eigenvalue weighted by atomic mass is 10.1. The maximum absolute atomic E-state index is 13.5. The molecule has 2 N–H and O–H groups in total. The van der Waals surface area contributed by atoms with Gasteiger partial charge >= 0.3 is 0 Å². The molecule has 8 heteroatoms. The van der Waals surface area contributed by atoms with Crippen LogP contribution in [0.5, 0.6) is 0 Å². The van der Waals surface area contributed by atoms with Gasteiger partial charge in [-0.2, -0.15) is 4.98 Å². The van der Waals surface area contributed by atoms with E-state index in [-0.39, 0.29) is 29.7 Å². The zero-order valence-corrected chi connectivity index (χ0v) is 12.5. The standard InChI is InChI=1S/C13H16FN3O3S/c1-8-3-4-9(7-10(8)14)12-16-13(20-17-12)11(15)5-6-21(2,18)19/h3-4,7,11H,5-6,15H2,1-2H3. The summed E-state index contributed by atoms with van der Waals surface area (Å²) >= 11 is 0. The summed E-state index contributed by atoms with van der Waals surface area (Å²) in [6, 6.07) is 3.93. The van der Waals surface area contributed by atoms with Crippen LogP contribution < -0.4 is 5.73 Å². The van der Waals surface area contributed by atoms with Crippen LogP contribution in [0.4, 0.5) is 4.39 Å². The fraction of sp³-hybridized carbons (Fsp3) is 0.385. The molecule has 0 fully saturated rings. The first-order chi connectivity index (χ1) is 9.76. The molecule has 114 valence electrons. The Kier molecular flexibility index (Phi) is 4.38. The predicted octanol–water partition coefficient (Wildman–Crippen LogP) is 1.62. The van der Waals surface area contributed by atoms with Gasteiger partial charge in [-0.3, -0.25) is 0 Å². The molecule has 0 aliphatic heterocycles. The number of benzene rings is 1. The number of sulfone groups is 1. The van der Waals surface area contributed by atoms with E-state index in [9.17, 15) is 12.8 Å². The quantitative estimate of drug-likeness (QED) is 0.900. The highest BCUT2D eigenvalue weighted by Gasteiger charge is 2.18. The number of nitrogens with zero attached hydrogens (tertiary/aromatic N) is 2. The average molecular weight is 313 g/mol.